The van der Waals surface area contributed by atoms with E-state index in [0.29, 0.717) is 0 Å². The predicted molar refractivity (Wildman–Crippen MR) is 61.5 cm³/mol. The Balaban J connectivity index is 6.77. The number of hydrogen-bond acceptors (Lipinski definition) is 3. The summed E-state index contributed by atoms with van der Waals surface area (Å²) in [6.45, 7) is 0. The first-order valence-corrected chi connectivity index (χ1v) is 6.85. The normalized spacial score (nSPS) is 18.7. The summed E-state index contributed by atoms with van der Waals surface area (Å²) in [7, 11) is 0.287. The van der Waals surface area contributed by atoms with Gasteiger partial charge in [0.25, 0.3) is 5.91 Å². The average molecular weight is 523 g/mol. The number of hydrogen-bond donors (Lipinski definition) is 0. The van der Waals surface area contributed by atoms with Crippen LogP contribution in [0.3, 0.4) is 0 Å². The Bertz CT molecular complexity index is 695. The van der Waals surface area contributed by atoms with E-state index >= 15 is 0 Å². The van der Waals surface area contributed by atoms with Crippen molar-refractivity contribution in [2.75, 3.05) is 14.1 Å². The second kappa shape index (κ2) is 7.90. The van der Waals surface area contributed by atoms with Gasteiger partial charge in [-0.3, -0.25) is 14.3 Å². The third-order valence-electron chi connectivity index (χ3n) is 3.04. The molecule has 0 fully saturated rings. The summed E-state index contributed by atoms with van der Waals surface area (Å²) in [5.74, 6) is -25.9. The minimum absolute atomic E-state index is 0.144. The van der Waals surface area contributed by atoms with E-state index in [1.165, 1.54) is 4.74 Å². The van der Waals surface area contributed by atoms with Gasteiger partial charge in [-0.15, -0.1) is 0 Å². The van der Waals surface area contributed by atoms with Gasteiger partial charge in [0.15, 0.2) is 0 Å². The molecule has 0 heterocycles. The fourth-order valence-electron chi connectivity index (χ4n) is 1.44. The van der Waals surface area contributed by atoms with Crippen LogP contribution in [0.25, 0.3) is 0 Å². The molecule has 0 aromatic heterocycles. The van der Waals surface area contributed by atoms with Crippen LogP contribution < -0.4 is 0 Å². The summed E-state index contributed by atoms with van der Waals surface area (Å²) >= 11 is 0. The summed E-state index contributed by atoms with van der Waals surface area (Å²) in [5.41, 5.74) is 0. The molecule has 32 heavy (non-hydrogen) atoms. The van der Waals surface area contributed by atoms with Gasteiger partial charge in [-0.05, 0) is 0 Å². The largest absolute Gasteiger partial charge is 0.462 e. The zero-order valence-electron chi connectivity index (χ0n) is 14.6. The molecule has 0 aliphatic heterocycles. The zero-order valence-corrected chi connectivity index (χ0v) is 14.6. The molecular formula is C11H6F17NO3. The van der Waals surface area contributed by atoms with Crippen LogP contribution in [0.1, 0.15) is 0 Å². The highest BCUT2D eigenvalue weighted by Gasteiger charge is 2.85. The first-order chi connectivity index (χ1) is 13.5. The molecular weight excluding hydrogens is 517 g/mol. The Hall–Kier alpha value is -1.80. The molecule has 0 spiro atoms. The molecule has 0 aromatic carbocycles. The van der Waals surface area contributed by atoms with Crippen LogP contribution >= 0.6 is 0 Å². The second-order valence-electron chi connectivity index (χ2n) is 5.70. The molecule has 1 amide bonds. The van der Waals surface area contributed by atoms with Crippen molar-refractivity contribution in [1.29, 1.82) is 0 Å². The van der Waals surface area contributed by atoms with Crippen LogP contribution in [-0.2, 0) is 14.3 Å². The molecule has 192 valence electrons. The molecule has 0 unspecified atom stereocenters. The smallest absolute Gasteiger partial charge is 0.344 e. The predicted octanol–water partition coefficient (Wildman–Crippen LogP) is 4.95. The molecule has 2 atom stereocenters. The van der Waals surface area contributed by atoms with Crippen LogP contribution in [-0.4, -0.2) is 73.3 Å². The first kappa shape index (κ1) is 30.2. The van der Waals surface area contributed by atoms with Gasteiger partial charge >= 0.3 is 48.4 Å². The van der Waals surface area contributed by atoms with E-state index in [1.807, 2.05) is 4.74 Å². The van der Waals surface area contributed by atoms with Gasteiger partial charge in [-0.1, -0.05) is 0 Å². The third kappa shape index (κ3) is 4.91. The first-order valence-electron chi connectivity index (χ1n) is 6.85. The molecule has 0 aromatic rings. The number of carbonyl (C=O) groups excluding carboxylic acids is 1. The fourth-order valence-corrected chi connectivity index (χ4v) is 1.44. The molecule has 0 saturated carbocycles. The van der Waals surface area contributed by atoms with Crippen molar-refractivity contribution in [2.45, 2.75) is 48.4 Å². The number of halogens is 17. The number of nitrogens with zero attached hydrogens (tertiary/aromatic N) is 1. The van der Waals surface area contributed by atoms with Gasteiger partial charge in [0.05, 0.1) is 0 Å². The monoisotopic (exact) mass is 523 g/mol. The van der Waals surface area contributed by atoms with Crippen LogP contribution in [0.2, 0.25) is 0 Å². The molecule has 0 bridgehead atoms. The number of ether oxygens (including phenoxy) is 2. The molecule has 0 aliphatic carbocycles. The van der Waals surface area contributed by atoms with Gasteiger partial charge in [-0.25, -0.2) is 0 Å². The van der Waals surface area contributed by atoms with Gasteiger partial charge in [-0.2, -0.15) is 74.6 Å². The van der Waals surface area contributed by atoms with Crippen molar-refractivity contribution in [3.05, 3.63) is 0 Å². The highest BCUT2D eigenvalue weighted by molar-refractivity contribution is 5.84. The molecule has 0 aliphatic rings. The third-order valence-corrected chi connectivity index (χ3v) is 3.04. The lowest BCUT2D eigenvalue weighted by Gasteiger charge is -2.40. The Morgan fingerprint density at radius 1 is 0.562 bits per heavy atom. The maximum Gasteiger partial charge on any atom is 0.462 e. The minimum Gasteiger partial charge on any atom is -0.344 e. The topological polar surface area (TPSA) is 38.8 Å². The van der Waals surface area contributed by atoms with Crippen molar-refractivity contribution in [1.82, 2.24) is 4.90 Å². The minimum atomic E-state index is -8.01. The molecule has 21 heteroatoms. The van der Waals surface area contributed by atoms with Crippen molar-refractivity contribution in [2.24, 2.45) is 0 Å². The van der Waals surface area contributed by atoms with Crippen molar-refractivity contribution < 1.29 is 88.9 Å². The van der Waals surface area contributed by atoms with E-state index in [-0.39, 0.29) is 14.1 Å². The lowest BCUT2D eigenvalue weighted by molar-refractivity contribution is -0.548. The zero-order chi connectivity index (χ0) is 26.6. The Morgan fingerprint density at radius 2 is 0.938 bits per heavy atom. The number of amides is 1. The number of likely N-dealkylation sites (N-methyl/N-ethyl adjacent to an activating group) is 1. The maximum atomic E-state index is 13.9. The van der Waals surface area contributed by atoms with E-state index in [4.69, 9.17) is 0 Å². The second-order valence-corrected chi connectivity index (χ2v) is 5.70. The lowest BCUT2D eigenvalue weighted by atomic mass is 10.2. The Morgan fingerprint density at radius 3 is 1.19 bits per heavy atom. The number of alkyl halides is 17. The highest BCUT2D eigenvalue weighted by Crippen LogP contribution is 2.56. The van der Waals surface area contributed by atoms with E-state index in [0.717, 1.165) is 0 Å². The van der Waals surface area contributed by atoms with E-state index in [2.05, 4.69) is 0 Å². The van der Waals surface area contributed by atoms with Crippen LogP contribution in [0, 0.1) is 0 Å². The quantitative estimate of drug-likeness (QED) is 0.444. The van der Waals surface area contributed by atoms with E-state index in [9.17, 15) is 79.4 Å². The van der Waals surface area contributed by atoms with Gasteiger partial charge in [0.1, 0.15) is 0 Å². The van der Waals surface area contributed by atoms with Gasteiger partial charge in [0.2, 0.25) is 0 Å². The van der Waals surface area contributed by atoms with Crippen LogP contribution in [0.5, 0.6) is 0 Å². The molecule has 4 nitrogen and oxygen atoms in total. The molecule has 0 saturated heterocycles. The summed E-state index contributed by atoms with van der Waals surface area (Å²) in [4.78, 5) is 10.5. The van der Waals surface area contributed by atoms with Crippen molar-refractivity contribution >= 4 is 5.91 Å². The average Bonchev–Trinajstić information content (AvgIpc) is 2.49. The SMILES string of the molecule is CN(C)C(=O)[C@](F)(OC(F)(F)[C@@](F)(OC(F)(F)C(F)(F)C(F)(F)F)C(F)(F)F)C(F)(F)F. The van der Waals surface area contributed by atoms with Crippen molar-refractivity contribution in [3.63, 3.8) is 0 Å². The number of carbonyl (C=O) groups is 1. The summed E-state index contributed by atoms with van der Waals surface area (Å²) in [5, 5.41) is 0. The maximum absolute atomic E-state index is 13.9. The molecule has 0 radical (unpaired) electrons. The molecule has 0 N–H and O–H groups in total. The van der Waals surface area contributed by atoms with Gasteiger partial charge < -0.3 is 4.90 Å². The Labute approximate surface area is 163 Å². The standard InChI is InChI=1S/C11H6F17NO3/c1-29(2)3(30)4(12,7(16,17)18)31-11(27,28)6(15,9(22,23)24)32-10(25,26)5(13,14)8(19,20)21/h1-2H3/t4-,6-/m0/s1. The van der Waals surface area contributed by atoms with Crippen LogP contribution in [0.15, 0.2) is 0 Å². The summed E-state index contributed by atoms with van der Waals surface area (Å²) < 4.78 is 221. The highest BCUT2D eigenvalue weighted by atomic mass is 19.4. The fraction of sp³-hybridized carbons (Fsp3) is 0.909. The number of rotatable bonds is 7. The van der Waals surface area contributed by atoms with E-state index in [1.54, 1.807) is 0 Å². The van der Waals surface area contributed by atoms with Gasteiger partial charge in [0, 0.05) is 14.1 Å². The van der Waals surface area contributed by atoms with E-state index < -0.39 is 59.2 Å². The molecule has 0 rings (SSSR count). The summed E-state index contributed by atoms with van der Waals surface area (Å²) in [6, 6.07) is 0. The Kier molecular flexibility index (Phi) is 7.46. The van der Waals surface area contributed by atoms with Crippen LogP contribution in [0.4, 0.5) is 74.6 Å². The summed E-state index contributed by atoms with van der Waals surface area (Å²) in [6.07, 6.45) is -38.3. The lowest BCUT2D eigenvalue weighted by Crippen LogP contribution is -2.68. The van der Waals surface area contributed by atoms with Crippen molar-refractivity contribution in [3.8, 4) is 0 Å².